The smallest absolute Gasteiger partial charge is 0.257 e. The van der Waals surface area contributed by atoms with E-state index in [1.807, 2.05) is 26.8 Å². The number of unbranched alkanes of at least 4 members (excludes halogenated alkanes) is 1. The Kier molecular flexibility index (Phi) is 8.12. The van der Waals surface area contributed by atoms with Crippen LogP contribution in [0.4, 0.5) is 5.13 Å². The standard InChI is InChI=1S/C24H30N2O4S/c1-5-9-10-16-11-12-18-21(13-16)31-24(25-18)26-23(27)17-14-19(28-6-2)22(30-8-4)20(15-17)29-7-3/h11-15H,5-10H2,1-4H3,(H,25,26,27). The summed E-state index contributed by atoms with van der Waals surface area (Å²) in [5, 5.41) is 3.48. The van der Waals surface area contributed by atoms with E-state index in [2.05, 4.69) is 29.4 Å². The molecule has 0 aliphatic rings. The van der Waals surface area contributed by atoms with Crippen molar-refractivity contribution < 1.29 is 19.0 Å². The first kappa shape index (κ1) is 22.9. The zero-order valence-corrected chi connectivity index (χ0v) is 19.4. The number of amides is 1. The van der Waals surface area contributed by atoms with E-state index in [1.54, 1.807) is 12.1 Å². The molecule has 0 spiro atoms. The van der Waals surface area contributed by atoms with Crippen molar-refractivity contribution >= 4 is 32.6 Å². The average Bonchev–Trinajstić information content (AvgIpc) is 3.16. The number of nitrogens with zero attached hydrogens (tertiary/aromatic N) is 1. The second-order valence-electron chi connectivity index (χ2n) is 6.98. The molecule has 0 bridgehead atoms. The Morgan fingerprint density at radius 2 is 1.65 bits per heavy atom. The van der Waals surface area contributed by atoms with Gasteiger partial charge in [-0.25, -0.2) is 4.98 Å². The van der Waals surface area contributed by atoms with E-state index in [0.29, 0.717) is 47.8 Å². The minimum absolute atomic E-state index is 0.268. The predicted molar refractivity (Wildman–Crippen MR) is 126 cm³/mol. The maximum absolute atomic E-state index is 13.0. The maximum atomic E-state index is 13.0. The molecular weight excluding hydrogens is 412 g/mol. The van der Waals surface area contributed by atoms with E-state index in [-0.39, 0.29) is 5.91 Å². The van der Waals surface area contributed by atoms with Gasteiger partial charge in [0.25, 0.3) is 5.91 Å². The molecule has 166 valence electrons. The lowest BCUT2D eigenvalue weighted by Gasteiger charge is -2.16. The van der Waals surface area contributed by atoms with Crippen LogP contribution in [0.1, 0.15) is 56.5 Å². The summed E-state index contributed by atoms with van der Waals surface area (Å²) < 4.78 is 18.2. The molecular formula is C24H30N2O4S. The van der Waals surface area contributed by atoms with Crippen LogP contribution >= 0.6 is 11.3 Å². The first-order valence-corrected chi connectivity index (χ1v) is 11.7. The van der Waals surface area contributed by atoms with Gasteiger partial charge in [-0.3, -0.25) is 10.1 Å². The van der Waals surface area contributed by atoms with Crippen molar-refractivity contribution in [1.29, 1.82) is 0 Å². The zero-order chi connectivity index (χ0) is 22.2. The van der Waals surface area contributed by atoms with Crippen LogP contribution < -0.4 is 19.5 Å². The van der Waals surface area contributed by atoms with Crippen molar-refractivity contribution in [3.05, 3.63) is 41.5 Å². The molecule has 0 unspecified atom stereocenters. The number of aromatic nitrogens is 1. The van der Waals surface area contributed by atoms with Crippen LogP contribution in [0, 0.1) is 0 Å². The predicted octanol–water partition coefficient (Wildman–Crippen LogP) is 6.09. The number of rotatable bonds is 11. The molecule has 6 nitrogen and oxygen atoms in total. The van der Waals surface area contributed by atoms with Gasteiger partial charge >= 0.3 is 0 Å². The lowest BCUT2D eigenvalue weighted by atomic mass is 10.1. The van der Waals surface area contributed by atoms with Gasteiger partial charge < -0.3 is 14.2 Å². The molecule has 0 atom stereocenters. The Bertz CT molecular complexity index is 1000. The topological polar surface area (TPSA) is 69.7 Å². The highest BCUT2D eigenvalue weighted by Gasteiger charge is 2.19. The van der Waals surface area contributed by atoms with Crippen molar-refractivity contribution in [3.8, 4) is 17.2 Å². The van der Waals surface area contributed by atoms with Gasteiger partial charge in [0.05, 0.1) is 30.0 Å². The Labute approximate surface area is 187 Å². The summed E-state index contributed by atoms with van der Waals surface area (Å²) in [7, 11) is 0. The largest absolute Gasteiger partial charge is 0.490 e. The molecule has 0 radical (unpaired) electrons. The fourth-order valence-corrected chi connectivity index (χ4v) is 4.17. The SMILES string of the molecule is CCCCc1ccc2nc(NC(=O)c3cc(OCC)c(OCC)c(OCC)c3)sc2c1. The van der Waals surface area contributed by atoms with Gasteiger partial charge in [-0.1, -0.05) is 30.7 Å². The molecule has 0 aliphatic heterocycles. The molecule has 1 amide bonds. The second-order valence-corrected chi connectivity index (χ2v) is 8.01. The van der Waals surface area contributed by atoms with Crippen LogP contribution in [0.3, 0.4) is 0 Å². The normalized spacial score (nSPS) is 10.8. The molecule has 1 heterocycles. The van der Waals surface area contributed by atoms with Crippen molar-refractivity contribution in [2.75, 3.05) is 25.1 Å². The van der Waals surface area contributed by atoms with E-state index in [1.165, 1.54) is 16.9 Å². The first-order valence-electron chi connectivity index (χ1n) is 10.9. The molecule has 1 aromatic heterocycles. The molecule has 31 heavy (non-hydrogen) atoms. The van der Waals surface area contributed by atoms with Crippen LogP contribution in [0.15, 0.2) is 30.3 Å². The van der Waals surface area contributed by atoms with Gasteiger partial charge in [-0.2, -0.15) is 0 Å². The summed E-state index contributed by atoms with van der Waals surface area (Å²) in [6, 6.07) is 9.66. The summed E-state index contributed by atoms with van der Waals surface area (Å²) in [4.78, 5) is 17.5. The Hall–Kier alpha value is -2.80. The number of nitrogens with one attached hydrogen (secondary N) is 1. The van der Waals surface area contributed by atoms with Crippen LogP contribution in [0.2, 0.25) is 0 Å². The van der Waals surface area contributed by atoms with Crippen LogP contribution in [0.25, 0.3) is 10.2 Å². The van der Waals surface area contributed by atoms with E-state index in [0.717, 1.165) is 29.5 Å². The first-order chi connectivity index (χ1) is 15.1. The number of ether oxygens (including phenoxy) is 3. The van der Waals surface area contributed by atoms with Gasteiger partial charge in [-0.15, -0.1) is 0 Å². The molecule has 1 N–H and O–H groups in total. The zero-order valence-electron chi connectivity index (χ0n) is 18.6. The van der Waals surface area contributed by atoms with Gasteiger partial charge in [0.1, 0.15) is 0 Å². The molecule has 3 aromatic rings. The molecule has 7 heteroatoms. The fraction of sp³-hybridized carbons (Fsp3) is 0.417. The fourth-order valence-electron chi connectivity index (χ4n) is 3.25. The van der Waals surface area contributed by atoms with Gasteiger partial charge in [0.15, 0.2) is 16.6 Å². The van der Waals surface area contributed by atoms with E-state index < -0.39 is 0 Å². The number of carbonyl (C=O) groups excluding carboxylic acids is 1. The molecule has 2 aromatic carbocycles. The average molecular weight is 443 g/mol. The summed E-state index contributed by atoms with van der Waals surface area (Å²) in [6.07, 6.45) is 3.38. The lowest BCUT2D eigenvalue weighted by molar-refractivity contribution is 0.102. The summed E-state index contributed by atoms with van der Waals surface area (Å²) in [5.74, 6) is 1.23. The number of aryl methyl sites for hydroxylation is 1. The van der Waals surface area contributed by atoms with Crippen LogP contribution in [0.5, 0.6) is 17.2 Å². The maximum Gasteiger partial charge on any atom is 0.257 e. The van der Waals surface area contributed by atoms with Crippen LogP contribution in [-0.2, 0) is 6.42 Å². The highest BCUT2D eigenvalue weighted by Crippen LogP contribution is 2.39. The Morgan fingerprint density at radius 1 is 0.968 bits per heavy atom. The highest BCUT2D eigenvalue weighted by atomic mass is 32.1. The number of hydrogen-bond acceptors (Lipinski definition) is 6. The minimum Gasteiger partial charge on any atom is -0.490 e. The molecule has 0 fully saturated rings. The Morgan fingerprint density at radius 3 is 2.26 bits per heavy atom. The van der Waals surface area contributed by atoms with Gasteiger partial charge in [0.2, 0.25) is 5.75 Å². The van der Waals surface area contributed by atoms with E-state index in [4.69, 9.17) is 14.2 Å². The summed E-state index contributed by atoms with van der Waals surface area (Å²) in [6.45, 7) is 9.24. The monoisotopic (exact) mass is 442 g/mol. The Balaban J connectivity index is 1.86. The molecule has 3 rings (SSSR count). The van der Waals surface area contributed by atoms with Crippen molar-refractivity contribution in [2.24, 2.45) is 0 Å². The van der Waals surface area contributed by atoms with E-state index in [9.17, 15) is 4.79 Å². The molecule has 0 aliphatic carbocycles. The van der Waals surface area contributed by atoms with E-state index >= 15 is 0 Å². The number of benzene rings is 2. The summed E-state index contributed by atoms with van der Waals surface area (Å²) >= 11 is 1.48. The van der Waals surface area contributed by atoms with Gasteiger partial charge in [-0.05, 0) is 63.4 Å². The van der Waals surface area contributed by atoms with Crippen LogP contribution in [-0.4, -0.2) is 30.7 Å². The number of carbonyl (C=O) groups is 1. The summed E-state index contributed by atoms with van der Waals surface area (Å²) in [5.41, 5.74) is 2.61. The molecule has 0 saturated carbocycles. The second kappa shape index (κ2) is 11.0. The quantitative estimate of drug-likeness (QED) is 0.389. The number of anilines is 1. The molecule has 0 saturated heterocycles. The number of thiazole rings is 1. The third-order valence-electron chi connectivity index (χ3n) is 4.66. The van der Waals surface area contributed by atoms with Crippen molar-refractivity contribution in [3.63, 3.8) is 0 Å². The third-order valence-corrected chi connectivity index (χ3v) is 5.60. The highest BCUT2D eigenvalue weighted by molar-refractivity contribution is 7.22. The number of hydrogen-bond donors (Lipinski definition) is 1. The van der Waals surface area contributed by atoms with Crippen molar-refractivity contribution in [2.45, 2.75) is 47.0 Å². The van der Waals surface area contributed by atoms with Gasteiger partial charge in [0, 0.05) is 5.56 Å². The number of fused-ring (bicyclic) bond motifs is 1. The minimum atomic E-state index is -0.268. The third kappa shape index (κ3) is 5.67. The van der Waals surface area contributed by atoms with Crippen molar-refractivity contribution in [1.82, 2.24) is 4.98 Å². The lowest BCUT2D eigenvalue weighted by Crippen LogP contribution is -2.13.